The molecule has 0 radical (unpaired) electrons. The van der Waals surface area contributed by atoms with Crippen LogP contribution in [0.25, 0.3) is 0 Å². The predicted octanol–water partition coefficient (Wildman–Crippen LogP) is 7.37. The Morgan fingerprint density at radius 3 is 2.18 bits per heavy atom. The molecule has 5 heteroatoms. The molecule has 186 valence electrons. The predicted molar refractivity (Wildman–Crippen MR) is 142 cm³/mol. The van der Waals surface area contributed by atoms with Crippen molar-refractivity contribution in [2.75, 3.05) is 0 Å². The summed E-state index contributed by atoms with van der Waals surface area (Å²) in [5.41, 5.74) is 2.31. The molecule has 4 aliphatic carbocycles. The second-order valence-corrected chi connectivity index (χ2v) is 23.9. The van der Waals surface area contributed by atoms with Crippen molar-refractivity contribution in [2.24, 2.45) is 35.0 Å². The number of carbonyl (C=O) groups is 1. The van der Waals surface area contributed by atoms with Crippen LogP contribution in [-0.2, 0) is 13.6 Å². The Morgan fingerprint density at radius 2 is 1.64 bits per heavy atom. The fourth-order valence-corrected chi connectivity index (χ4v) is 10.1. The molecule has 2 fully saturated rings. The van der Waals surface area contributed by atoms with E-state index in [1.165, 1.54) is 17.6 Å². The number of hydrogen-bond acceptors (Lipinski definition) is 3. The molecule has 0 aromatic heterocycles. The summed E-state index contributed by atoms with van der Waals surface area (Å²) in [6.07, 6.45) is 6.18. The quantitative estimate of drug-likeness (QED) is 0.387. The lowest BCUT2D eigenvalue weighted by molar-refractivity contribution is -0.114. The molecular formula is C28H48O3Si2. The van der Waals surface area contributed by atoms with Crippen LogP contribution in [0.4, 0.5) is 0 Å². The Bertz CT molecular complexity index is 901. The van der Waals surface area contributed by atoms with Gasteiger partial charge in [-0.15, -0.1) is 0 Å². The molecule has 7 atom stereocenters. The van der Waals surface area contributed by atoms with E-state index in [0.717, 1.165) is 0 Å². The lowest BCUT2D eigenvalue weighted by Gasteiger charge is -2.55. The minimum absolute atomic E-state index is 0.119. The first-order valence-electron chi connectivity index (χ1n) is 13.2. The van der Waals surface area contributed by atoms with E-state index in [9.17, 15) is 4.79 Å². The Morgan fingerprint density at radius 1 is 1.03 bits per heavy atom. The molecule has 0 amide bonds. The number of ketones is 1. The van der Waals surface area contributed by atoms with E-state index in [1.54, 1.807) is 0 Å². The lowest BCUT2D eigenvalue weighted by atomic mass is 9.62. The van der Waals surface area contributed by atoms with Gasteiger partial charge in [0, 0.05) is 12.3 Å². The van der Waals surface area contributed by atoms with E-state index < -0.39 is 22.2 Å². The number of fused-ring (bicyclic) bond motifs is 5. The van der Waals surface area contributed by atoms with Gasteiger partial charge in [-0.2, -0.15) is 0 Å². The fraction of sp³-hybridized carbons (Fsp3) is 0.821. The van der Waals surface area contributed by atoms with Crippen molar-refractivity contribution >= 4 is 22.4 Å². The van der Waals surface area contributed by atoms with Gasteiger partial charge in [0.25, 0.3) is 0 Å². The standard InChI is InChI=1S/C28H48O3Si2/c1-17-13-19-15-20(29)16-21(19)28(31-32(8,9)10)18(2)14-22-23(27(22,6)7)24(28)25(17)30-33(11,12)26(3,4)5/h13,16-18,22-25H,14-15H2,1-12H3/t17-,18-,22-,23-,24-,25-,28+/m1/s1. The summed E-state index contributed by atoms with van der Waals surface area (Å²) >= 11 is 0. The SMILES string of the molecule is C[C@@H]1C=C2CC(=O)C=C2[C@]2(O[Si](C)(C)C)[C@@H]([C@@H]1O[Si](C)(C)C(C)(C)C)[C@H]1[C@@H](C[C@H]2C)C1(C)C. The van der Waals surface area contributed by atoms with Crippen LogP contribution in [0, 0.1) is 35.0 Å². The van der Waals surface area contributed by atoms with E-state index in [1.807, 2.05) is 6.08 Å². The van der Waals surface area contributed by atoms with Gasteiger partial charge in [0.15, 0.2) is 22.4 Å². The van der Waals surface area contributed by atoms with Crippen molar-refractivity contribution in [3.05, 3.63) is 23.3 Å². The highest BCUT2D eigenvalue weighted by atomic mass is 28.4. The van der Waals surface area contributed by atoms with Crippen molar-refractivity contribution in [1.29, 1.82) is 0 Å². The Labute approximate surface area is 205 Å². The summed E-state index contributed by atoms with van der Waals surface area (Å²) in [6, 6.07) is 0. The van der Waals surface area contributed by atoms with Crippen LogP contribution >= 0.6 is 0 Å². The number of rotatable bonds is 4. The normalized spacial score (nSPS) is 40.3. The van der Waals surface area contributed by atoms with Gasteiger partial charge < -0.3 is 8.85 Å². The molecule has 0 N–H and O–H groups in total. The van der Waals surface area contributed by atoms with Crippen molar-refractivity contribution in [3.8, 4) is 0 Å². The Kier molecular flexibility index (Phi) is 5.82. The molecule has 2 saturated carbocycles. The Hall–Kier alpha value is -0.496. The van der Waals surface area contributed by atoms with E-state index in [0.29, 0.717) is 29.6 Å². The highest BCUT2D eigenvalue weighted by molar-refractivity contribution is 6.74. The molecule has 3 nitrogen and oxygen atoms in total. The molecule has 0 heterocycles. The van der Waals surface area contributed by atoms with Crippen molar-refractivity contribution < 1.29 is 13.6 Å². The van der Waals surface area contributed by atoms with Crippen LogP contribution in [0.5, 0.6) is 0 Å². The van der Waals surface area contributed by atoms with Crippen molar-refractivity contribution in [2.45, 2.75) is 111 Å². The third-order valence-electron chi connectivity index (χ3n) is 9.85. The first kappa shape index (κ1) is 25.6. The number of carbonyl (C=O) groups excluding carboxylic acids is 1. The van der Waals surface area contributed by atoms with Crippen LogP contribution < -0.4 is 0 Å². The zero-order valence-corrected chi connectivity index (χ0v) is 25.3. The summed E-state index contributed by atoms with van der Waals surface area (Å²) < 4.78 is 14.8. The van der Waals surface area contributed by atoms with Gasteiger partial charge in [-0.3, -0.25) is 4.79 Å². The fourth-order valence-electron chi connectivity index (χ4n) is 7.26. The molecular weight excluding hydrogens is 440 g/mol. The van der Waals surface area contributed by atoms with Crippen LogP contribution in [0.1, 0.15) is 61.3 Å². The zero-order valence-electron chi connectivity index (χ0n) is 23.3. The largest absolute Gasteiger partial charge is 0.413 e. The topological polar surface area (TPSA) is 35.5 Å². The van der Waals surface area contributed by atoms with Crippen molar-refractivity contribution in [1.82, 2.24) is 0 Å². The van der Waals surface area contributed by atoms with Crippen LogP contribution in [0.3, 0.4) is 0 Å². The first-order valence-corrected chi connectivity index (χ1v) is 19.5. The second-order valence-electron chi connectivity index (χ2n) is 14.7. The molecule has 0 bridgehead atoms. The van der Waals surface area contributed by atoms with Gasteiger partial charge in [-0.05, 0) is 90.5 Å². The molecule has 33 heavy (non-hydrogen) atoms. The van der Waals surface area contributed by atoms with E-state index >= 15 is 0 Å². The van der Waals surface area contributed by atoms with Gasteiger partial charge in [-0.1, -0.05) is 54.5 Å². The van der Waals surface area contributed by atoms with Gasteiger partial charge in [0.1, 0.15) is 0 Å². The van der Waals surface area contributed by atoms with Crippen LogP contribution in [0.2, 0.25) is 37.8 Å². The molecule has 0 unspecified atom stereocenters. The summed E-state index contributed by atoms with van der Waals surface area (Å²) in [6.45, 7) is 28.4. The Balaban J connectivity index is 1.95. The highest BCUT2D eigenvalue weighted by Crippen LogP contribution is 2.74. The maximum atomic E-state index is 12.8. The summed E-state index contributed by atoms with van der Waals surface area (Å²) in [5.74, 6) is 2.45. The molecule has 0 aromatic rings. The average Bonchev–Trinajstić information content (AvgIpc) is 2.98. The molecule has 4 rings (SSSR count). The zero-order chi connectivity index (χ0) is 24.9. The van der Waals surface area contributed by atoms with Gasteiger partial charge in [0.05, 0.1) is 11.7 Å². The van der Waals surface area contributed by atoms with E-state index in [2.05, 4.69) is 87.3 Å². The summed E-state index contributed by atoms with van der Waals surface area (Å²) in [5, 5.41) is 0.151. The second kappa shape index (κ2) is 7.50. The highest BCUT2D eigenvalue weighted by Gasteiger charge is 2.73. The van der Waals surface area contributed by atoms with Gasteiger partial charge in [0.2, 0.25) is 0 Å². The summed E-state index contributed by atoms with van der Waals surface area (Å²) in [7, 11) is -3.95. The molecule has 0 saturated heterocycles. The van der Waals surface area contributed by atoms with E-state index in [4.69, 9.17) is 8.85 Å². The van der Waals surface area contributed by atoms with Crippen LogP contribution in [0.15, 0.2) is 23.3 Å². The molecule has 0 aromatic carbocycles. The third-order valence-corrected chi connectivity index (χ3v) is 15.3. The number of allylic oxidation sites excluding steroid dienone is 1. The van der Waals surface area contributed by atoms with Gasteiger partial charge >= 0.3 is 0 Å². The molecule has 0 aliphatic heterocycles. The third kappa shape index (κ3) is 3.93. The van der Waals surface area contributed by atoms with Crippen molar-refractivity contribution in [3.63, 3.8) is 0 Å². The van der Waals surface area contributed by atoms with Crippen LogP contribution in [-0.4, -0.2) is 34.1 Å². The minimum Gasteiger partial charge on any atom is -0.413 e. The molecule has 0 spiro atoms. The van der Waals surface area contributed by atoms with E-state index in [-0.39, 0.29) is 28.8 Å². The maximum Gasteiger partial charge on any atom is 0.192 e. The summed E-state index contributed by atoms with van der Waals surface area (Å²) in [4.78, 5) is 12.8. The molecule has 4 aliphatic rings. The van der Waals surface area contributed by atoms with Gasteiger partial charge in [-0.25, -0.2) is 0 Å². The minimum atomic E-state index is -2.01. The smallest absolute Gasteiger partial charge is 0.192 e. The first-order chi connectivity index (χ1) is 14.8. The maximum absolute atomic E-state index is 12.8. The average molecular weight is 489 g/mol. The lowest BCUT2D eigenvalue weighted by Crippen LogP contribution is -2.61. The monoisotopic (exact) mass is 488 g/mol. The number of hydrogen-bond donors (Lipinski definition) is 0.